The normalized spacial score (nSPS) is 13.9. The van der Waals surface area contributed by atoms with Gasteiger partial charge in [-0.25, -0.2) is 10.8 Å². The minimum atomic E-state index is -0.381. The van der Waals surface area contributed by atoms with Gasteiger partial charge in [-0.05, 0) is 30.9 Å². The molecule has 0 fully saturated rings. The van der Waals surface area contributed by atoms with Crippen molar-refractivity contribution in [3.05, 3.63) is 83.3 Å². The maximum absolute atomic E-state index is 12.8. The largest absolute Gasteiger partial charge is 0.438 e. The van der Waals surface area contributed by atoms with Gasteiger partial charge in [-0.3, -0.25) is 4.79 Å². The van der Waals surface area contributed by atoms with Crippen LogP contribution >= 0.6 is 0 Å². The van der Waals surface area contributed by atoms with Gasteiger partial charge in [0.2, 0.25) is 5.76 Å². The highest BCUT2D eigenvalue weighted by atomic mass is 16.5. The van der Waals surface area contributed by atoms with Crippen molar-refractivity contribution in [3.63, 3.8) is 0 Å². The zero-order valence-corrected chi connectivity index (χ0v) is 16.7. The molecule has 0 atom stereocenters. The number of amides is 1. The molecular formula is C22H23N5O3. The SMILES string of the molecule is Cc1ncc(-c2cc(C(=O)NC3=C(N(N)Cc4ccccc4)CCCC=C3)no2)o1. The number of carbonyl (C=O) groups is 1. The van der Waals surface area contributed by atoms with Gasteiger partial charge in [0.15, 0.2) is 17.3 Å². The summed E-state index contributed by atoms with van der Waals surface area (Å²) in [7, 11) is 0. The number of hydrogen-bond acceptors (Lipinski definition) is 7. The van der Waals surface area contributed by atoms with E-state index in [1.165, 1.54) is 12.3 Å². The van der Waals surface area contributed by atoms with Crippen LogP contribution in [0.2, 0.25) is 0 Å². The summed E-state index contributed by atoms with van der Waals surface area (Å²) >= 11 is 0. The summed E-state index contributed by atoms with van der Waals surface area (Å²) in [6.07, 6.45) is 8.08. The molecule has 0 radical (unpaired) electrons. The van der Waals surface area contributed by atoms with Crippen molar-refractivity contribution < 1.29 is 13.7 Å². The molecule has 0 aliphatic heterocycles. The smallest absolute Gasteiger partial charge is 0.277 e. The van der Waals surface area contributed by atoms with Crippen LogP contribution in [0.4, 0.5) is 0 Å². The third-order valence-electron chi connectivity index (χ3n) is 4.78. The van der Waals surface area contributed by atoms with Gasteiger partial charge in [0.05, 0.1) is 24.1 Å². The number of hydrogen-bond donors (Lipinski definition) is 2. The average Bonchev–Trinajstić information content (AvgIpc) is 3.34. The highest BCUT2D eigenvalue weighted by molar-refractivity contribution is 5.94. The minimum absolute atomic E-state index is 0.148. The molecule has 1 aliphatic carbocycles. The summed E-state index contributed by atoms with van der Waals surface area (Å²) in [6.45, 7) is 2.27. The number of aryl methyl sites for hydroxylation is 1. The minimum Gasteiger partial charge on any atom is -0.438 e. The van der Waals surface area contributed by atoms with Crippen molar-refractivity contribution in [1.82, 2.24) is 20.5 Å². The predicted octanol–water partition coefficient (Wildman–Crippen LogP) is 3.70. The van der Waals surface area contributed by atoms with Gasteiger partial charge in [-0.15, -0.1) is 0 Å². The van der Waals surface area contributed by atoms with Crippen molar-refractivity contribution in [2.75, 3.05) is 0 Å². The van der Waals surface area contributed by atoms with Gasteiger partial charge in [0, 0.05) is 13.0 Å². The predicted molar refractivity (Wildman–Crippen MR) is 110 cm³/mol. The van der Waals surface area contributed by atoms with E-state index in [2.05, 4.69) is 15.5 Å². The van der Waals surface area contributed by atoms with Gasteiger partial charge in [0.1, 0.15) is 0 Å². The molecular weight excluding hydrogens is 382 g/mol. The van der Waals surface area contributed by atoms with Crippen LogP contribution in [0.1, 0.15) is 41.2 Å². The van der Waals surface area contributed by atoms with Crippen molar-refractivity contribution >= 4 is 5.91 Å². The van der Waals surface area contributed by atoms with Crippen LogP contribution in [-0.4, -0.2) is 21.1 Å². The summed E-state index contributed by atoms with van der Waals surface area (Å²) in [4.78, 5) is 16.8. The number of benzene rings is 1. The van der Waals surface area contributed by atoms with Crippen LogP contribution in [-0.2, 0) is 6.54 Å². The molecule has 0 spiro atoms. The van der Waals surface area contributed by atoms with E-state index in [9.17, 15) is 4.79 Å². The van der Waals surface area contributed by atoms with Gasteiger partial charge in [0.25, 0.3) is 5.91 Å². The second-order valence-corrected chi connectivity index (χ2v) is 7.04. The molecule has 154 valence electrons. The van der Waals surface area contributed by atoms with E-state index in [1.54, 1.807) is 11.9 Å². The van der Waals surface area contributed by atoms with Gasteiger partial charge in [-0.2, -0.15) is 0 Å². The maximum Gasteiger partial charge on any atom is 0.277 e. The summed E-state index contributed by atoms with van der Waals surface area (Å²) in [5.41, 5.74) is 2.77. The fourth-order valence-electron chi connectivity index (χ4n) is 3.27. The zero-order valence-electron chi connectivity index (χ0n) is 16.7. The molecule has 1 aliphatic rings. The second-order valence-electron chi connectivity index (χ2n) is 7.04. The van der Waals surface area contributed by atoms with Gasteiger partial charge in [-0.1, -0.05) is 41.6 Å². The van der Waals surface area contributed by atoms with E-state index in [0.717, 1.165) is 30.5 Å². The van der Waals surface area contributed by atoms with E-state index in [4.69, 9.17) is 14.8 Å². The lowest BCUT2D eigenvalue weighted by molar-refractivity contribution is 0.0956. The molecule has 4 rings (SSSR count). The Bertz CT molecular complexity index is 1080. The van der Waals surface area contributed by atoms with E-state index < -0.39 is 0 Å². The van der Waals surface area contributed by atoms with Crippen molar-refractivity contribution in [2.45, 2.75) is 32.7 Å². The fourth-order valence-corrected chi connectivity index (χ4v) is 3.27. The number of nitrogens with zero attached hydrogens (tertiary/aromatic N) is 3. The van der Waals surface area contributed by atoms with Crippen LogP contribution in [0.15, 0.2) is 75.1 Å². The molecule has 2 aromatic heterocycles. The first-order chi connectivity index (χ1) is 14.6. The standard InChI is InChI=1S/C22H23N5O3/c1-15-24-13-21(29-15)20-12-18(26-30-20)22(28)25-17-10-6-3-7-11-19(17)27(23)14-16-8-4-2-5-9-16/h2,4-6,8-10,12-13H,3,7,11,14,23H2,1H3,(H,25,28). The Labute approximate surface area is 174 Å². The Balaban J connectivity index is 1.53. The number of hydrazine groups is 1. The van der Waals surface area contributed by atoms with Crippen LogP contribution in [0, 0.1) is 6.92 Å². The lowest BCUT2D eigenvalue weighted by Crippen LogP contribution is -2.34. The van der Waals surface area contributed by atoms with Gasteiger partial charge < -0.3 is 19.3 Å². The Morgan fingerprint density at radius 2 is 2.10 bits per heavy atom. The first-order valence-electron chi connectivity index (χ1n) is 9.77. The number of nitrogens with two attached hydrogens (primary N) is 1. The Hall–Kier alpha value is -3.65. The van der Waals surface area contributed by atoms with Crippen molar-refractivity contribution in [2.24, 2.45) is 5.84 Å². The first kappa shape index (κ1) is 19.7. The van der Waals surface area contributed by atoms with E-state index in [-0.39, 0.29) is 11.6 Å². The molecule has 1 amide bonds. The first-order valence-corrected chi connectivity index (χ1v) is 9.77. The average molecular weight is 405 g/mol. The second kappa shape index (κ2) is 8.79. The monoisotopic (exact) mass is 405 g/mol. The Morgan fingerprint density at radius 1 is 1.27 bits per heavy atom. The third kappa shape index (κ3) is 4.49. The molecule has 0 saturated carbocycles. The van der Waals surface area contributed by atoms with Crippen LogP contribution < -0.4 is 11.2 Å². The van der Waals surface area contributed by atoms with Crippen LogP contribution in [0.3, 0.4) is 0 Å². The Kier molecular flexibility index (Phi) is 5.76. The van der Waals surface area contributed by atoms with Crippen molar-refractivity contribution in [1.29, 1.82) is 0 Å². The number of carbonyl (C=O) groups excluding carboxylic acids is 1. The summed E-state index contributed by atoms with van der Waals surface area (Å²) in [5, 5.41) is 8.47. The highest BCUT2D eigenvalue weighted by Gasteiger charge is 2.20. The quantitative estimate of drug-likeness (QED) is 0.475. The Morgan fingerprint density at radius 3 is 2.87 bits per heavy atom. The van der Waals surface area contributed by atoms with Crippen LogP contribution in [0.5, 0.6) is 0 Å². The zero-order chi connectivity index (χ0) is 20.9. The maximum atomic E-state index is 12.8. The fraction of sp³-hybridized carbons (Fsp3) is 0.227. The summed E-state index contributed by atoms with van der Waals surface area (Å²) in [5.74, 6) is 7.26. The lowest BCUT2D eigenvalue weighted by atomic mass is 10.1. The third-order valence-corrected chi connectivity index (χ3v) is 4.78. The molecule has 0 unspecified atom stereocenters. The van der Waals surface area contributed by atoms with Gasteiger partial charge >= 0.3 is 0 Å². The molecule has 8 nitrogen and oxygen atoms in total. The number of oxazole rings is 1. The number of allylic oxidation sites excluding steroid dienone is 3. The van der Waals surface area contributed by atoms with E-state index >= 15 is 0 Å². The summed E-state index contributed by atoms with van der Waals surface area (Å²) < 4.78 is 10.7. The number of aromatic nitrogens is 2. The molecule has 0 bridgehead atoms. The molecule has 3 N–H and O–H groups in total. The molecule has 8 heteroatoms. The number of nitrogens with one attached hydrogen (secondary N) is 1. The summed E-state index contributed by atoms with van der Waals surface area (Å²) in [6, 6.07) is 11.5. The molecule has 3 aromatic rings. The topological polar surface area (TPSA) is 110 Å². The lowest BCUT2D eigenvalue weighted by Gasteiger charge is -2.24. The van der Waals surface area contributed by atoms with E-state index in [0.29, 0.717) is 29.7 Å². The number of rotatable bonds is 6. The molecule has 30 heavy (non-hydrogen) atoms. The van der Waals surface area contributed by atoms with Crippen molar-refractivity contribution in [3.8, 4) is 11.5 Å². The molecule has 0 saturated heterocycles. The van der Waals surface area contributed by atoms with Crippen LogP contribution in [0.25, 0.3) is 11.5 Å². The molecule has 2 heterocycles. The molecule has 1 aromatic carbocycles. The van der Waals surface area contributed by atoms with E-state index in [1.807, 2.05) is 42.5 Å². The highest BCUT2D eigenvalue weighted by Crippen LogP contribution is 2.23.